The van der Waals surface area contributed by atoms with Crippen molar-refractivity contribution < 1.29 is 13.9 Å². The van der Waals surface area contributed by atoms with Crippen LogP contribution in [0.15, 0.2) is 52.1 Å². The van der Waals surface area contributed by atoms with Crippen LogP contribution in [0.3, 0.4) is 0 Å². The highest BCUT2D eigenvalue weighted by molar-refractivity contribution is 5.91. The molecular weight excluding hydrogens is 344 g/mol. The Balaban J connectivity index is 1.49. The minimum absolute atomic E-state index is 0.0567. The highest BCUT2D eigenvalue weighted by atomic mass is 16.5. The van der Waals surface area contributed by atoms with Gasteiger partial charge in [-0.25, -0.2) is 0 Å². The minimum atomic E-state index is -0.0567. The predicted octanol–water partition coefficient (Wildman–Crippen LogP) is 1.96. The Morgan fingerprint density at radius 3 is 2.37 bits per heavy atom. The Morgan fingerprint density at radius 1 is 1.11 bits per heavy atom. The molecule has 0 radical (unpaired) electrons. The molecule has 2 aromatic rings. The van der Waals surface area contributed by atoms with Crippen molar-refractivity contribution in [1.82, 2.24) is 15.1 Å². The molecule has 0 saturated carbocycles. The standard InChI is InChI=1S/C20H26N4O3/c1-21-20(22-14-16-5-7-17(8-6-16)15-26-2)24-11-9-23(10-12-24)19(25)18-4-3-13-27-18/h3-8,13H,9-12,14-15H2,1-2H3,(H,21,22). The van der Waals surface area contributed by atoms with Gasteiger partial charge in [0, 0.05) is 46.9 Å². The van der Waals surface area contributed by atoms with Crippen LogP contribution in [-0.2, 0) is 17.9 Å². The number of amides is 1. The average molecular weight is 370 g/mol. The number of methoxy groups -OCH3 is 1. The van der Waals surface area contributed by atoms with E-state index in [1.54, 1.807) is 26.3 Å². The van der Waals surface area contributed by atoms with E-state index in [1.165, 1.54) is 11.8 Å². The lowest BCUT2D eigenvalue weighted by Crippen LogP contribution is -2.53. The van der Waals surface area contributed by atoms with Crippen LogP contribution in [-0.4, -0.2) is 62.0 Å². The van der Waals surface area contributed by atoms with E-state index in [-0.39, 0.29) is 5.91 Å². The highest BCUT2D eigenvalue weighted by Gasteiger charge is 2.25. The molecule has 1 N–H and O–H groups in total. The topological polar surface area (TPSA) is 70.3 Å². The first kappa shape index (κ1) is 19.0. The van der Waals surface area contributed by atoms with E-state index in [0.717, 1.165) is 24.6 Å². The van der Waals surface area contributed by atoms with Crippen LogP contribution >= 0.6 is 0 Å². The minimum Gasteiger partial charge on any atom is -0.459 e. The number of hydrogen-bond donors (Lipinski definition) is 1. The Bertz CT molecular complexity index is 748. The summed E-state index contributed by atoms with van der Waals surface area (Å²) in [6, 6.07) is 11.8. The average Bonchev–Trinajstić information content (AvgIpc) is 3.25. The number of carbonyl (C=O) groups is 1. The summed E-state index contributed by atoms with van der Waals surface area (Å²) in [6.45, 7) is 4.08. The van der Waals surface area contributed by atoms with Crippen molar-refractivity contribution in [2.45, 2.75) is 13.2 Å². The molecule has 27 heavy (non-hydrogen) atoms. The predicted molar refractivity (Wildman–Crippen MR) is 104 cm³/mol. The molecule has 0 aliphatic carbocycles. The zero-order chi connectivity index (χ0) is 19.1. The number of furan rings is 1. The number of carbonyl (C=O) groups excluding carboxylic acids is 1. The van der Waals surface area contributed by atoms with Crippen LogP contribution in [0.4, 0.5) is 0 Å². The molecule has 144 valence electrons. The summed E-state index contributed by atoms with van der Waals surface area (Å²) in [6.07, 6.45) is 1.52. The fourth-order valence-electron chi connectivity index (χ4n) is 3.11. The van der Waals surface area contributed by atoms with E-state index in [2.05, 4.69) is 39.5 Å². The first-order valence-corrected chi connectivity index (χ1v) is 9.06. The van der Waals surface area contributed by atoms with Gasteiger partial charge in [-0.2, -0.15) is 0 Å². The van der Waals surface area contributed by atoms with Crippen molar-refractivity contribution in [2.24, 2.45) is 4.99 Å². The maximum absolute atomic E-state index is 12.4. The normalized spacial score (nSPS) is 15.1. The number of hydrogen-bond acceptors (Lipinski definition) is 4. The van der Waals surface area contributed by atoms with E-state index < -0.39 is 0 Å². The number of piperazine rings is 1. The van der Waals surface area contributed by atoms with Crippen molar-refractivity contribution >= 4 is 11.9 Å². The van der Waals surface area contributed by atoms with Crippen molar-refractivity contribution in [3.63, 3.8) is 0 Å². The molecule has 1 aliphatic heterocycles. The zero-order valence-corrected chi connectivity index (χ0v) is 15.9. The van der Waals surface area contributed by atoms with Crippen LogP contribution in [0, 0.1) is 0 Å². The molecule has 0 unspecified atom stereocenters. The molecule has 7 nitrogen and oxygen atoms in total. The molecule has 1 fully saturated rings. The highest BCUT2D eigenvalue weighted by Crippen LogP contribution is 2.10. The van der Waals surface area contributed by atoms with E-state index in [9.17, 15) is 4.79 Å². The van der Waals surface area contributed by atoms with Crippen LogP contribution in [0.5, 0.6) is 0 Å². The first-order valence-electron chi connectivity index (χ1n) is 9.06. The number of nitrogens with one attached hydrogen (secondary N) is 1. The third-order valence-electron chi connectivity index (χ3n) is 4.59. The summed E-state index contributed by atoms with van der Waals surface area (Å²) in [4.78, 5) is 20.7. The maximum Gasteiger partial charge on any atom is 0.289 e. The number of nitrogens with zero attached hydrogens (tertiary/aromatic N) is 3. The monoisotopic (exact) mass is 370 g/mol. The largest absolute Gasteiger partial charge is 0.459 e. The van der Waals surface area contributed by atoms with Gasteiger partial charge in [-0.05, 0) is 23.3 Å². The molecule has 1 aromatic heterocycles. The number of benzene rings is 1. The van der Waals surface area contributed by atoms with Crippen LogP contribution in [0.2, 0.25) is 0 Å². The second-order valence-corrected chi connectivity index (χ2v) is 6.41. The van der Waals surface area contributed by atoms with E-state index >= 15 is 0 Å². The van der Waals surface area contributed by atoms with Gasteiger partial charge in [-0.1, -0.05) is 24.3 Å². The smallest absolute Gasteiger partial charge is 0.289 e. The van der Waals surface area contributed by atoms with E-state index in [0.29, 0.717) is 32.0 Å². The quantitative estimate of drug-likeness (QED) is 0.644. The van der Waals surface area contributed by atoms with Gasteiger partial charge >= 0.3 is 0 Å². The second kappa shape index (κ2) is 9.23. The zero-order valence-electron chi connectivity index (χ0n) is 15.9. The molecular formula is C20H26N4O3. The van der Waals surface area contributed by atoms with Crippen molar-refractivity contribution in [3.8, 4) is 0 Å². The third kappa shape index (κ3) is 4.89. The fraction of sp³-hybridized carbons (Fsp3) is 0.400. The van der Waals surface area contributed by atoms with Gasteiger partial charge in [-0.15, -0.1) is 0 Å². The summed E-state index contributed by atoms with van der Waals surface area (Å²) in [5, 5.41) is 3.40. The molecule has 3 rings (SSSR count). The van der Waals surface area contributed by atoms with E-state index in [4.69, 9.17) is 9.15 Å². The molecule has 7 heteroatoms. The molecule has 0 atom stereocenters. The second-order valence-electron chi connectivity index (χ2n) is 6.41. The lowest BCUT2D eigenvalue weighted by molar-refractivity contribution is 0.0657. The van der Waals surface area contributed by atoms with Crippen molar-refractivity contribution in [1.29, 1.82) is 0 Å². The van der Waals surface area contributed by atoms with Gasteiger partial charge in [0.15, 0.2) is 11.7 Å². The number of ether oxygens (including phenoxy) is 1. The molecule has 1 aromatic carbocycles. The van der Waals surface area contributed by atoms with Crippen molar-refractivity contribution in [2.75, 3.05) is 40.3 Å². The number of aliphatic imine (C=N–C) groups is 1. The molecule has 0 spiro atoms. The molecule has 1 saturated heterocycles. The Kier molecular flexibility index (Phi) is 6.49. The summed E-state index contributed by atoms with van der Waals surface area (Å²) >= 11 is 0. The summed E-state index contributed by atoms with van der Waals surface area (Å²) in [7, 11) is 3.48. The molecule has 0 bridgehead atoms. The molecule has 1 amide bonds. The molecule has 1 aliphatic rings. The summed E-state index contributed by atoms with van der Waals surface area (Å²) in [5.74, 6) is 1.18. The number of rotatable bonds is 5. The van der Waals surface area contributed by atoms with Crippen LogP contribution in [0.25, 0.3) is 0 Å². The maximum atomic E-state index is 12.4. The Labute approximate surface area is 159 Å². The van der Waals surface area contributed by atoms with Gasteiger partial charge in [0.05, 0.1) is 12.9 Å². The van der Waals surface area contributed by atoms with E-state index in [1.807, 2.05) is 4.90 Å². The van der Waals surface area contributed by atoms with Crippen LogP contribution < -0.4 is 5.32 Å². The van der Waals surface area contributed by atoms with Gasteiger partial charge in [-0.3, -0.25) is 9.79 Å². The lowest BCUT2D eigenvalue weighted by Gasteiger charge is -2.36. The SMILES string of the molecule is CN=C(NCc1ccc(COC)cc1)N1CCN(C(=O)c2ccco2)CC1. The fourth-order valence-corrected chi connectivity index (χ4v) is 3.11. The summed E-state index contributed by atoms with van der Waals surface area (Å²) in [5.41, 5.74) is 2.34. The molecule has 2 heterocycles. The Hall–Kier alpha value is -2.80. The number of guanidine groups is 1. The van der Waals surface area contributed by atoms with Gasteiger partial charge < -0.3 is 24.3 Å². The first-order chi connectivity index (χ1) is 13.2. The van der Waals surface area contributed by atoms with Gasteiger partial charge in [0.25, 0.3) is 5.91 Å². The van der Waals surface area contributed by atoms with Gasteiger partial charge in [0.1, 0.15) is 0 Å². The third-order valence-corrected chi connectivity index (χ3v) is 4.59. The van der Waals surface area contributed by atoms with Crippen molar-refractivity contribution in [3.05, 3.63) is 59.5 Å². The summed E-state index contributed by atoms with van der Waals surface area (Å²) < 4.78 is 10.3. The van der Waals surface area contributed by atoms with Gasteiger partial charge in [0.2, 0.25) is 0 Å². The Morgan fingerprint density at radius 2 is 1.78 bits per heavy atom. The lowest BCUT2D eigenvalue weighted by atomic mass is 10.1. The van der Waals surface area contributed by atoms with Crippen LogP contribution in [0.1, 0.15) is 21.7 Å².